The van der Waals surface area contributed by atoms with Gasteiger partial charge in [-0.1, -0.05) is 74.0 Å². The maximum absolute atomic E-state index is 13.9. The van der Waals surface area contributed by atoms with E-state index in [1.165, 1.54) is 12.7 Å². The van der Waals surface area contributed by atoms with Gasteiger partial charge in [0.05, 0.1) is 13.0 Å². The van der Waals surface area contributed by atoms with Crippen molar-refractivity contribution in [3.63, 3.8) is 0 Å². The normalized spacial score (nSPS) is 45.3. The van der Waals surface area contributed by atoms with Gasteiger partial charge in [-0.15, -0.1) is 0 Å². The maximum atomic E-state index is 13.9. The fourth-order valence-electron chi connectivity index (χ4n) is 11.2. The zero-order valence-electron chi connectivity index (χ0n) is 26.9. The minimum Gasteiger partial charge on any atom is -0.468 e. The van der Waals surface area contributed by atoms with E-state index in [0.29, 0.717) is 36.9 Å². The predicted octanol–water partition coefficient (Wildman–Crippen LogP) is 7.71. The molecule has 0 aromatic heterocycles. The van der Waals surface area contributed by atoms with Crippen LogP contribution < -0.4 is 0 Å². The first-order valence-corrected chi connectivity index (χ1v) is 15.9. The molecular weight excluding hydrogens is 500 g/mol. The second-order valence-corrected chi connectivity index (χ2v) is 16.7. The van der Waals surface area contributed by atoms with Gasteiger partial charge in [0.15, 0.2) is 0 Å². The molecule has 0 N–H and O–H groups in total. The number of hydrogen-bond acceptors (Lipinski definition) is 5. The van der Waals surface area contributed by atoms with Gasteiger partial charge < -0.3 is 9.47 Å². The topological polar surface area (TPSA) is 69.7 Å². The molecule has 0 unspecified atom stereocenters. The Morgan fingerprint density at radius 1 is 0.925 bits per heavy atom. The van der Waals surface area contributed by atoms with Gasteiger partial charge in [0, 0.05) is 17.8 Å². The van der Waals surface area contributed by atoms with Gasteiger partial charge in [-0.25, -0.2) is 0 Å². The molecule has 0 amide bonds. The number of Topliss-reactive ketones (excluding diaryl/α,β-unsaturated/α-hetero) is 1. The van der Waals surface area contributed by atoms with Crippen molar-refractivity contribution >= 4 is 17.7 Å². The van der Waals surface area contributed by atoms with Gasteiger partial charge >= 0.3 is 11.9 Å². The predicted molar refractivity (Wildman–Crippen MR) is 156 cm³/mol. The second kappa shape index (κ2) is 9.17. The van der Waals surface area contributed by atoms with Crippen molar-refractivity contribution in [2.24, 2.45) is 56.2 Å². The molecule has 4 fully saturated rings. The molecule has 40 heavy (non-hydrogen) atoms. The van der Waals surface area contributed by atoms with Gasteiger partial charge in [-0.3, -0.25) is 14.4 Å². The van der Waals surface area contributed by atoms with Crippen LogP contribution in [-0.2, 0) is 23.9 Å². The van der Waals surface area contributed by atoms with Crippen LogP contribution in [0.1, 0.15) is 120 Å². The van der Waals surface area contributed by atoms with Gasteiger partial charge in [0.25, 0.3) is 0 Å². The summed E-state index contributed by atoms with van der Waals surface area (Å²) in [6.45, 7) is 20.1. The average Bonchev–Trinajstić information content (AvgIpc) is 2.86. The molecule has 5 nitrogen and oxygen atoms in total. The van der Waals surface area contributed by atoms with Crippen LogP contribution in [0.25, 0.3) is 0 Å². The van der Waals surface area contributed by atoms with E-state index in [2.05, 4.69) is 54.5 Å². The number of fused-ring (bicyclic) bond motifs is 7. The molecule has 0 aromatic carbocycles. The Hall–Kier alpha value is -1.65. The lowest BCUT2D eigenvalue weighted by atomic mass is 9.33. The Bertz CT molecular complexity index is 1130. The highest BCUT2D eigenvalue weighted by Crippen LogP contribution is 2.75. The highest BCUT2D eigenvalue weighted by Gasteiger charge is 2.71. The number of carbonyl (C=O) groups excluding carboxylic acids is 3. The first kappa shape index (κ1) is 29.8. The summed E-state index contributed by atoms with van der Waals surface area (Å²) >= 11 is 0. The van der Waals surface area contributed by atoms with Crippen LogP contribution in [0.2, 0.25) is 0 Å². The van der Waals surface area contributed by atoms with Crippen LogP contribution >= 0.6 is 0 Å². The number of carbonyl (C=O) groups is 3. The van der Waals surface area contributed by atoms with Crippen molar-refractivity contribution in [2.75, 3.05) is 7.11 Å². The Morgan fingerprint density at radius 2 is 1.60 bits per heavy atom. The standard InChI is InChI=1S/C35H54O5/c1-21(2)28(37)40-27-20-30(3,4)19-23-22-11-12-25-32(7)15-14-26(36)31(5,6)24(32)13-16-34(25,9)33(22,8)17-18-35(23,27)29(38)39-10/h11,21,23-25,27H,12-20H2,1-10H3/t23-,24-,25+,27+,32-,33+,34+,35-/m0/s1. The summed E-state index contributed by atoms with van der Waals surface area (Å²) in [6.07, 6.45) is 9.99. The van der Waals surface area contributed by atoms with E-state index in [4.69, 9.17) is 9.47 Å². The summed E-state index contributed by atoms with van der Waals surface area (Å²) < 4.78 is 11.8. The minimum atomic E-state index is -0.844. The first-order chi connectivity index (χ1) is 18.4. The molecule has 5 heteroatoms. The second-order valence-electron chi connectivity index (χ2n) is 16.7. The van der Waals surface area contributed by atoms with E-state index in [1.54, 1.807) is 0 Å². The van der Waals surface area contributed by atoms with Gasteiger partial charge in [-0.05, 0) is 84.9 Å². The average molecular weight is 555 g/mol. The maximum Gasteiger partial charge on any atom is 0.316 e. The van der Waals surface area contributed by atoms with E-state index in [1.807, 2.05) is 13.8 Å². The number of rotatable bonds is 3. The molecule has 5 rings (SSSR count). The fourth-order valence-corrected chi connectivity index (χ4v) is 11.2. The SMILES string of the molecule is COC(=O)[C@@]12CC[C@]3(C)C(=CC[C@@H]4[C@@]5(C)CCC(=O)C(C)(C)[C@@H]5CC[C@]43C)[C@@H]1CC(C)(C)C[C@H]2OC(=O)C(C)C. The number of ketones is 1. The Kier molecular flexibility index (Phi) is 6.84. The zero-order valence-corrected chi connectivity index (χ0v) is 26.9. The van der Waals surface area contributed by atoms with Crippen LogP contribution in [0.15, 0.2) is 11.6 Å². The Morgan fingerprint density at radius 3 is 2.23 bits per heavy atom. The van der Waals surface area contributed by atoms with Gasteiger partial charge in [-0.2, -0.15) is 0 Å². The van der Waals surface area contributed by atoms with Crippen molar-refractivity contribution in [3.05, 3.63) is 11.6 Å². The number of ether oxygens (including phenoxy) is 2. The lowest BCUT2D eigenvalue weighted by Gasteiger charge is -2.70. The molecule has 0 radical (unpaired) electrons. The molecule has 8 atom stereocenters. The molecule has 0 aromatic rings. The summed E-state index contributed by atoms with van der Waals surface area (Å²) in [5, 5.41) is 0. The fraction of sp³-hybridized carbons (Fsp3) is 0.857. The van der Waals surface area contributed by atoms with Crippen molar-refractivity contribution in [1.82, 2.24) is 0 Å². The lowest BCUT2D eigenvalue weighted by molar-refractivity contribution is -0.209. The van der Waals surface area contributed by atoms with Crippen molar-refractivity contribution in [1.29, 1.82) is 0 Å². The molecule has 4 saturated carbocycles. The minimum absolute atomic E-state index is 0.0138. The molecule has 0 aliphatic heterocycles. The highest BCUT2D eigenvalue weighted by atomic mass is 16.6. The van der Waals surface area contributed by atoms with E-state index in [0.717, 1.165) is 38.5 Å². The molecule has 0 bridgehead atoms. The van der Waals surface area contributed by atoms with Gasteiger partial charge in [0.1, 0.15) is 17.3 Å². The molecule has 224 valence electrons. The summed E-state index contributed by atoms with van der Waals surface area (Å²) in [4.78, 5) is 39.9. The molecule has 5 aliphatic carbocycles. The third kappa shape index (κ3) is 3.80. The van der Waals surface area contributed by atoms with E-state index in [9.17, 15) is 14.4 Å². The molecule has 0 spiro atoms. The number of allylic oxidation sites excluding steroid dienone is 2. The van der Waals surface area contributed by atoms with E-state index in [-0.39, 0.29) is 50.8 Å². The van der Waals surface area contributed by atoms with Crippen LogP contribution in [0.3, 0.4) is 0 Å². The molecule has 0 heterocycles. The smallest absolute Gasteiger partial charge is 0.316 e. The molecule has 5 aliphatic rings. The third-order valence-corrected chi connectivity index (χ3v) is 13.7. The Labute approximate surface area is 242 Å². The number of hydrogen-bond donors (Lipinski definition) is 0. The van der Waals surface area contributed by atoms with Crippen LogP contribution in [0.4, 0.5) is 0 Å². The Balaban J connectivity index is 1.62. The highest BCUT2D eigenvalue weighted by molar-refractivity contribution is 5.85. The number of esters is 2. The quantitative estimate of drug-likeness (QED) is 0.264. The summed E-state index contributed by atoms with van der Waals surface area (Å²) in [5.41, 5.74) is 0.363. The lowest BCUT2D eigenvalue weighted by Crippen LogP contribution is -2.66. The van der Waals surface area contributed by atoms with E-state index >= 15 is 0 Å². The molecule has 0 saturated heterocycles. The van der Waals surface area contributed by atoms with Crippen molar-refractivity contribution in [2.45, 2.75) is 126 Å². The van der Waals surface area contributed by atoms with Crippen LogP contribution in [0.5, 0.6) is 0 Å². The zero-order chi connectivity index (χ0) is 29.7. The van der Waals surface area contributed by atoms with Crippen molar-refractivity contribution in [3.8, 4) is 0 Å². The summed E-state index contributed by atoms with van der Waals surface area (Å²) in [6, 6.07) is 0. The van der Waals surface area contributed by atoms with E-state index < -0.39 is 11.5 Å². The summed E-state index contributed by atoms with van der Waals surface area (Å²) in [5.74, 6) is 0.629. The van der Waals surface area contributed by atoms with Crippen molar-refractivity contribution < 1.29 is 23.9 Å². The monoisotopic (exact) mass is 554 g/mol. The van der Waals surface area contributed by atoms with Gasteiger partial charge in [0.2, 0.25) is 0 Å². The number of methoxy groups -OCH3 is 1. The molecular formula is C35H54O5. The summed E-state index contributed by atoms with van der Waals surface area (Å²) in [7, 11) is 1.49. The first-order valence-electron chi connectivity index (χ1n) is 15.9. The largest absolute Gasteiger partial charge is 0.468 e. The van der Waals surface area contributed by atoms with Crippen LogP contribution in [-0.4, -0.2) is 30.9 Å². The third-order valence-electron chi connectivity index (χ3n) is 13.7. The van der Waals surface area contributed by atoms with Crippen LogP contribution in [0, 0.1) is 56.2 Å².